The van der Waals surface area contributed by atoms with E-state index in [1.807, 2.05) is 0 Å². The lowest BCUT2D eigenvalue weighted by molar-refractivity contribution is -0.136. The molecule has 0 bridgehead atoms. The highest BCUT2D eigenvalue weighted by Gasteiger charge is 2.28. The molecule has 1 aliphatic rings. The highest BCUT2D eigenvalue weighted by atomic mass is 19.4. The minimum Gasteiger partial charge on any atom is -0.376 e. The Morgan fingerprint density at radius 1 is 1.24 bits per heavy atom. The van der Waals surface area contributed by atoms with Crippen LogP contribution < -0.4 is 16.0 Å². The number of anilines is 1. The molecule has 1 fully saturated rings. The molecule has 136 valence electrons. The smallest absolute Gasteiger partial charge is 0.376 e. The standard InChI is InChI=1S/C15H17F3N4O3/c16-15(17,18)9-21-14(25)10-3-1-2-4-11(10)20-7-13(24)22-6-5-19-12(23)8-22/h1-4,20H,5-9H2,(H,19,23)(H,21,25). The van der Waals surface area contributed by atoms with Gasteiger partial charge in [0.15, 0.2) is 0 Å². The predicted molar refractivity (Wildman–Crippen MR) is 82.9 cm³/mol. The van der Waals surface area contributed by atoms with Crippen LogP contribution in [0.15, 0.2) is 24.3 Å². The highest BCUT2D eigenvalue weighted by molar-refractivity contribution is 6.00. The summed E-state index contributed by atoms with van der Waals surface area (Å²) < 4.78 is 36.6. The van der Waals surface area contributed by atoms with Crippen molar-refractivity contribution in [1.29, 1.82) is 0 Å². The van der Waals surface area contributed by atoms with Gasteiger partial charge in [-0.1, -0.05) is 12.1 Å². The number of piperazine rings is 1. The van der Waals surface area contributed by atoms with Crippen LogP contribution in [0.4, 0.5) is 18.9 Å². The molecule has 0 unspecified atom stereocenters. The maximum Gasteiger partial charge on any atom is 0.405 e. The number of carbonyl (C=O) groups excluding carboxylic acids is 3. The van der Waals surface area contributed by atoms with Crippen molar-refractivity contribution in [2.75, 3.05) is 38.0 Å². The van der Waals surface area contributed by atoms with E-state index in [0.29, 0.717) is 13.1 Å². The van der Waals surface area contributed by atoms with Crippen molar-refractivity contribution in [1.82, 2.24) is 15.5 Å². The van der Waals surface area contributed by atoms with Crippen LogP contribution in [0.25, 0.3) is 0 Å². The maximum absolute atomic E-state index is 12.2. The quantitative estimate of drug-likeness (QED) is 0.708. The summed E-state index contributed by atoms with van der Waals surface area (Å²) >= 11 is 0. The summed E-state index contributed by atoms with van der Waals surface area (Å²) in [4.78, 5) is 36.6. The van der Waals surface area contributed by atoms with Crippen molar-refractivity contribution in [3.8, 4) is 0 Å². The molecule has 0 aromatic heterocycles. The zero-order valence-corrected chi connectivity index (χ0v) is 13.2. The number of carbonyl (C=O) groups is 3. The molecule has 1 heterocycles. The van der Waals surface area contributed by atoms with Gasteiger partial charge in [-0.05, 0) is 12.1 Å². The van der Waals surface area contributed by atoms with Gasteiger partial charge in [0.2, 0.25) is 11.8 Å². The summed E-state index contributed by atoms with van der Waals surface area (Å²) in [5, 5.41) is 7.11. The third kappa shape index (κ3) is 5.66. The van der Waals surface area contributed by atoms with E-state index in [9.17, 15) is 27.6 Å². The third-order valence-electron chi connectivity index (χ3n) is 3.44. The monoisotopic (exact) mass is 358 g/mol. The van der Waals surface area contributed by atoms with Gasteiger partial charge in [-0.3, -0.25) is 14.4 Å². The van der Waals surface area contributed by atoms with E-state index in [1.165, 1.54) is 23.1 Å². The summed E-state index contributed by atoms with van der Waals surface area (Å²) in [7, 11) is 0. The molecule has 10 heteroatoms. The molecule has 0 radical (unpaired) electrons. The Morgan fingerprint density at radius 3 is 2.64 bits per heavy atom. The number of amides is 3. The van der Waals surface area contributed by atoms with Gasteiger partial charge in [-0.15, -0.1) is 0 Å². The average Bonchev–Trinajstić information content (AvgIpc) is 2.57. The van der Waals surface area contributed by atoms with E-state index in [0.717, 1.165) is 0 Å². The zero-order chi connectivity index (χ0) is 18.4. The molecule has 0 aliphatic carbocycles. The Bertz CT molecular complexity index is 664. The first-order chi connectivity index (χ1) is 11.8. The van der Waals surface area contributed by atoms with E-state index < -0.39 is 18.6 Å². The normalized spacial score (nSPS) is 14.7. The van der Waals surface area contributed by atoms with Gasteiger partial charge in [0.1, 0.15) is 6.54 Å². The van der Waals surface area contributed by atoms with Gasteiger partial charge >= 0.3 is 6.18 Å². The lowest BCUT2D eigenvalue weighted by Gasteiger charge is -2.27. The van der Waals surface area contributed by atoms with Gasteiger partial charge in [-0.2, -0.15) is 13.2 Å². The Kier molecular flexibility index (Phi) is 5.84. The summed E-state index contributed by atoms with van der Waals surface area (Å²) in [6.45, 7) is -0.936. The Morgan fingerprint density at radius 2 is 1.96 bits per heavy atom. The number of hydrogen-bond donors (Lipinski definition) is 3. The zero-order valence-electron chi connectivity index (χ0n) is 13.2. The molecule has 7 nitrogen and oxygen atoms in total. The van der Waals surface area contributed by atoms with E-state index in [1.54, 1.807) is 11.4 Å². The van der Waals surface area contributed by atoms with Gasteiger partial charge in [0.25, 0.3) is 5.91 Å². The van der Waals surface area contributed by atoms with Crippen LogP contribution in [0.3, 0.4) is 0 Å². The fourth-order valence-corrected chi connectivity index (χ4v) is 2.25. The van der Waals surface area contributed by atoms with Crippen LogP contribution in [0.1, 0.15) is 10.4 Å². The summed E-state index contributed by atoms with van der Waals surface area (Å²) in [5.41, 5.74) is 0.230. The molecule has 1 aliphatic heterocycles. The van der Waals surface area contributed by atoms with Crippen LogP contribution in [0.5, 0.6) is 0 Å². The van der Waals surface area contributed by atoms with Gasteiger partial charge < -0.3 is 20.9 Å². The predicted octanol–water partition coefficient (Wildman–Crippen LogP) is 0.349. The second kappa shape index (κ2) is 7.86. The van der Waals surface area contributed by atoms with E-state index in [4.69, 9.17) is 0 Å². The lowest BCUT2D eigenvalue weighted by Crippen LogP contribution is -2.51. The van der Waals surface area contributed by atoms with Crippen LogP contribution in [0.2, 0.25) is 0 Å². The molecule has 2 rings (SSSR count). The molecule has 25 heavy (non-hydrogen) atoms. The number of halogens is 3. The van der Waals surface area contributed by atoms with Crippen LogP contribution >= 0.6 is 0 Å². The van der Waals surface area contributed by atoms with Crippen molar-refractivity contribution in [2.24, 2.45) is 0 Å². The number of alkyl halides is 3. The van der Waals surface area contributed by atoms with E-state index >= 15 is 0 Å². The number of nitrogens with one attached hydrogen (secondary N) is 3. The van der Waals surface area contributed by atoms with Crippen molar-refractivity contribution in [3.63, 3.8) is 0 Å². The molecule has 0 spiro atoms. The number of rotatable bonds is 5. The number of para-hydroxylation sites is 1. The largest absolute Gasteiger partial charge is 0.405 e. The number of nitrogens with zero attached hydrogens (tertiary/aromatic N) is 1. The first-order valence-electron chi connectivity index (χ1n) is 7.48. The van der Waals surface area contributed by atoms with Crippen molar-refractivity contribution in [3.05, 3.63) is 29.8 Å². The first-order valence-corrected chi connectivity index (χ1v) is 7.48. The molecule has 1 aromatic rings. The molecule has 3 N–H and O–H groups in total. The Labute approximate surface area is 141 Å². The molecule has 3 amide bonds. The molecule has 1 aromatic carbocycles. The third-order valence-corrected chi connectivity index (χ3v) is 3.44. The molecule has 1 saturated heterocycles. The first kappa shape index (κ1) is 18.6. The second-order valence-corrected chi connectivity index (χ2v) is 5.36. The fourth-order valence-electron chi connectivity index (χ4n) is 2.25. The Hall–Kier alpha value is -2.78. The average molecular weight is 358 g/mol. The van der Waals surface area contributed by atoms with Gasteiger partial charge in [-0.25, -0.2) is 0 Å². The minimum atomic E-state index is -4.51. The van der Waals surface area contributed by atoms with Crippen molar-refractivity contribution in [2.45, 2.75) is 6.18 Å². The molecule has 0 saturated carbocycles. The number of benzene rings is 1. The van der Waals surface area contributed by atoms with Crippen molar-refractivity contribution < 1.29 is 27.6 Å². The fraction of sp³-hybridized carbons (Fsp3) is 0.400. The van der Waals surface area contributed by atoms with Crippen LogP contribution in [-0.4, -0.2) is 61.5 Å². The second-order valence-electron chi connectivity index (χ2n) is 5.36. The molecular weight excluding hydrogens is 341 g/mol. The minimum absolute atomic E-state index is 0.00376. The van der Waals surface area contributed by atoms with Gasteiger partial charge in [0, 0.05) is 18.8 Å². The highest BCUT2D eigenvalue weighted by Crippen LogP contribution is 2.17. The number of hydrogen-bond acceptors (Lipinski definition) is 4. The van der Waals surface area contributed by atoms with E-state index in [2.05, 4.69) is 10.6 Å². The van der Waals surface area contributed by atoms with Crippen LogP contribution in [-0.2, 0) is 9.59 Å². The van der Waals surface area contributed by atoms with Gasteiger partial charge in [0.05, 0.1) is 18.7 Å². The summed E-state index contributed by atoms with van der Waals surface area (Å²) in [6, 6.07) is 5.93. The summed E-state index contributed by atoms with van der Waals surface area (Å²) in [6.07, 6.45) is -4.51. The molecule has 0 atom stereocenters. The van der Waals surface area contributed by atoms with Crippen LogP contribution in [0, 0.1) is 0 Å². The van der Waals surface area contributed by atoms with Crippen molar-refractivity contribution >= 4 is 23.4 Å². The van der Waals surface area contributed by atoms with E-state index in [-0.39, 0.29) is 36.2 Å². The SMILES string of the molecule is O=C1CN(C(=O)CNc2ccccc2C(=O)NCC(F)(F)F)CCN1. The molecular formula is C15H17F3N4O3. The topological polar surface area (TPSA) is 90.5 Å². The summed E-state index contributed by atoms with van der Waals surface area (Å²) in [5.74, 6) is -1.50. The Balaban J connectivity index is 1.97. The lowest BCUT2D eigenvalue weighted by atomic mass is 10.1. The maximum atomic E-state index is 12.2.